The van der Waals surface area contributed by atoms with E-state index < -0.39 is 21.9 Å². The first-order valence-electron chi connectivity index (χ1n) is 7.25. The molecule has 24 heavy (non-hydrogen) atoms. The summed E-state index contributed by atoms with van der Waals surface area (Å²) in [6.45, 7) is 3.40. The van der Waals surface area contributed by atoms with E-state index in [1.807, 2.05) is 0 Å². The molecule has 7 nitrogen and oxygen atoms in total. The Morgan fingerprint density at radius 2 is 2.04 bits per heavy atom. The van der Waals surface area contributed by atoms with Gasteiger partial charge in [-0.25, -0.2) is 8.42 Å². The molecule has 1 aromatic rings. The van der Waals surface area contributed by atoms with Crippen LogP contribution in [0.4, 0.5) is 0 Å². The zero-order valence-electron chi connectivity index (χ0n) is 13.5. The molecule has 8 heteroatoms. The van der Waals surface area contributed by atoms with Crippen molar-refractivity contribution >= 4 is 21.9 Å². The molecule has 1 aromatic carbocycles. The summed E-state index contributed by atoms with van der Waals surface area (Å²) in [6.07, 6.45) is 4.85. The molecule has 0 radical (unpaired) electrons. The summed E-state index contributed by atoms with van der Waals surface area (Å²) in [5.41, 5.74) is 0.165. The Morgan fingerprint density at radius 3 is 2.58 bits per heavy atom. The number of carbonyl (C=O) groups is 2. The van der Waals surface area contributed by atoms with Crippen LogP contribution < -0.4 is 4.72 Å². The fraction of sp³-hybridized carbons (Fsp3) is 0.375. The van der Waals surface area contributed by atoms with Crippen molar-refractivity contribution in [3.05, 3.63) is 29.8 Å². The van der Waals surface area contributed by atoms with Crippen molar-refractivity contribution in [2.24, 2.45) is 0 Å². The summed E-state index contributed by atoms with van der Waals surface area (Å²) in [6, 6.07) is 5.31. The molecule has 0 atom stereocenters. The minimum Gasteiger partial charge on any atom is -0.481 e. The molecule has 2 N–H and O–H groups in total. The van der Waals surface area contributed by atoms with Gasteiger partial charge in [0.2, 0.25) is 10.0 Å². The molecule has 0 saturated carbocycles. The van der Waals surface area contributed by atoms with Crippen molar-refractivity contribution in [3.8, 4) is 12.3 Å². The molecule has 1 amide bonds. The maximum atomic E-state index is 12.6. The van der Waals surface area contributed by atoms with Crippen LogP contribution in [0.5, 0.6) is 0 Å². The van der Waals surface area contributed by atoms with E-state index in [-0.39, 0.29) is 36.0 Å². The number of carbonyl (C=O) groups excluding carboxylic acids is 1. The van der Waals surface area contributed by atoms with Crippen LogP contribution in [0.1, 0.15) is 30.6 Å². The zero-order chi connectivity index (χ0) is 18.3. The van der Waals surface area contributed by atoms with Crippen molar-refractivity contribution in [3.63, 3.8) is 0 Å². The first-order chi connectivity index (χ1) is 11.2. The van der Waals surface area contributed by atoms with Gasteiger partial charge in [0.05, 0.1) is 17.9 Å². The molecule has 0 aliphatic carbocycles. The number of terminal acetylenes is 1. The van der Waals surface area contributed by atoms with E-state index in [1.165, 1.54) is 29.2 Å². The minimum absolute atomic E-state index is 0.0398. The Bertz CT molecular complexity index is 750. The lowest BCUT2D eigenvalue weighted by molar-refractivity contribution is -0.137. The lowest BCUT2D eigenvalue weighted by Crippen LogP contribution is -2.38. The minimum atomic E-state index is -3.81. The third-order valence-electron chi connectivity index (χ3n) is 3.21. The largest absolute Gasteiger partial charge is 0.481 e. The molecule has 0 aliphatic rings. The van der Waals surface area contributed by atoms with Crippen LogP contribution in [0.15, 0.2) is 29.2 Å². The molecule has 0 spiro atoms. The molecule has 0 aromatic heterocycles. The maximum Gasteiger partial charge on any atom is 0.305 e. The Balaban J connectivity index is 3.08. The van der Waals surface area contributed by atoms with E-state index in [0.717, 1.165) is 0 Å². The molecule has 0 aliphatic heterocycles. The van der Waals surface area contributed by atoms with E-state index in [2.05, 4.69) is 10.6 Å². The van der Waals surface area contributed by atoms with Gasteiger partial charge < -0.3 is 10.0 Å². The number of amides is 1. The smallest absolute Gasteiger partial charge is 0.305 e. The molecular formula is C16H20N2O5S. The average molecular weight is 352 g/mol. The van der Waals surface area contributed by atoms with Crippen molar-refractivity contribution < 1.29 is 23.1 Å². The fourth-order valence-electron chi connectivity index (χ4n) is 1.99. The highest BCUT2D eigenvalue weighted by atomic mass is 32.2. The summed E-state index contributed by atoms with van der Waals surface area (Å²) < 4.78 is 26.4. The molecule has 0 bridgehead atoms. The summed E-state index contributed by atoms with van der Waals surface area (Å²) in [5.74, 6) is 0.729. The first-order valence-corrected chi connectivity index (χ1v) is 8.73. The average Bonchev–Trinajstić information content (AvgIpc) is 2.52. The number of carboxylic acids is 1. The molecule has 0 fully saturated rings. The van der Waals surface area contributed by atoms with E-state index in [4.69, 9.17) is 11.5 Å². The van der Waals surface area contributed by atoms with Crippen molar-refractivity contribution in [2.45, 2.75) is 31.2 Å². The lowest BCUT2D eigenvalue weighted by atomic mass is 10.1. The number of nitrogens with one attached hydrogen (secondary N) is 1. The number of rotatable bonds is 8. The highest BCUT2D eigenvalue weighted by Gasteiger charge is 2.21. The van der Waals surface area contributed by atoms with Crippen LogP contribution in [-0.4, -0.2) is 49.4 Å². The number of aliphatic carboxylic acids is 1. The molecule has 130 valence electrons. The Hall–Kier alpha value is -2.37. The monoisotopic (exact) mass is 352 g/mol. The highest BCUT2D eigenvalue weighted by Crippen LogP contribution is 2.15. The zero-order valence-corrected chi connectivity index (χ0v) is 14.3. The van der Waals surface area contributed by atoms with Gasteiger partial charge in [0, 0.05) is 18.2 Å². The van der Waals surface area contributed by atoms with Crippen molar-refractivity contribution in [1.29, 1.82) is 0 Å². The number of hydrogen-bond acceptors (Lipinski definition) is 4. The molecule has 0 heterocycles. The van der Waals surface area contributed by atoms with Gasteiger partial charge in [0.25, 0.3) is 5.91 Å². The number of hydrogen-bond donors (Lipinski definition) is 2. The first kappa shape index (κ1) is 19.7. The van der Waals surface area contributed by atoms with Crippen LogP contribution >= 0.6 is 0 Å². The summed E-state index contributed by atoms with van der Waals surface area (Å²) >= 11 is 0. The summed E-state index contributed by atoms with van der Waals surface area (Å²) in [7, 11) is -3.81. The van der Waals surface area contributed by atoms with Crippen LogP contribution in [0.2, 0.25) is 0 Å². The topological polar surface area (TPSA) is 104 Å². The van der Waals surface area contributed by atoms with E-state index in [0.29, 0.717) is 0 Å². The third kappa shape index (κ3) is 5.37. The molecule has 0 saturated heterocycles. The van der Waals surface area contributed by atoms with Crippen molar-refractivity contribution in [2.75, 3.05) is 13.1 Å². The van der Waals surface area contributed by atoms with Gasteiger partial charge in [-0.3, -0.25) is 9.59 Å². The van der Waals surface area contributed by atoms with Crippen LogP contribution in [0.25, 0.3) is 0 Å². The summed E-state index contributed by atoms with van der Waals surface area (Å²) in [5, 5.41) is 8.79. The Labute approximate surface area is 141 Å². The van der Waals surface area contributed by atoms with Gasteiger partial charge in [-0.05, 0) is 32.0 Å². The van der Waals surface area contributed by atoms with Gasteiger partial charge >= 0.3 is 5.97 Å². The van der Waals surface area contributed by atoms with Crippen molar-refractivity contribution in [1.82, 2.24) is 9.62 Å². The second-order valence-corrected chi connectivity index (χ2v) is 7.06. The second-order valence-electron chi connectivity index (χ2n) is 5.29. The van der Waals surface area contributed by atoms with E-state index in [1.54, 1.807) is 13.8 Å². The molecular weight excluding hydrogens is 332 g/mol. The Morgan fingerprint density at radius 1 is 1.38 bits per heavy atom. The van der Waals surface area contributed by atoms with E-state index >= 15 is 0 Å². The normalized spacial score (nSPS) is 11.1. The third-order valence-corrected chi connectivity index (χ3v) is 4.61. The molecule has 1 rings (SSSR count). The standard InChI is InChI=1S/C16H20N2O5S/c1-4-9-17-24(22,23)14-7-5-6-13(11-14)16(21)18(12(2)3)10-8-15(19)20/h1,5-7,11-12,17H,8-10H2,2-3H3,(H,19,20). The summed E-state index contributed by atoms with van der Waals surface area (Å²) in [4.78, 5) is 24.6. The van der Waals surface area contributed by atoms with Crippen LogP contribution in [0.3, 0.4) is 0 Å². The number of benzene rings is 1. The SMILES string of the molecule is C#CCNS(=O)(=O)c1cccc(C(=O)N(CCC(=O)O)C(C)C)c1. The van der Waals surface area contributed by atoms with Gasteiger partial charge in [0.1, 0.15) is 0 Å². The lowest BCUT2D eigenvalue weighted by Gasteiger charge is -2.26. The van der Waals surface area contributed by atoms with Gasteiger partial charge in [0.15, 0.2) is 0 Å². The highest BCUT2D eigenvalue weighted by molar-refractivity contribution is 7.89. The molecule has 0 unspecified atom stereocenters. The van der Waals surface area contributed by atoms with Crippen LogP contribution in [0, 0.1) is 12.3 Å². The maximum absolute atomic E-state index is 12.6. The van der Waals surface area contributed by atoms with E-state index in [9.17, 15) is 18.0 Å². The number of nitrogens with zero attached hydrogens (tertiary/aromatic N) is 1. The fourth-order valence-corrected chi connectivity index (χ4v) is 2.97. The van der Waals surface area contributed by atoms with Gasteiger partial charge in [-0.15, -0.1) is 6.42 Å². The predicted molar refractivity (Wildman–Crippen MR) is 88.9 cm³/mol. The number of carboxylic acid groups (broad SMARTS) is 1. The van der Waals surface area contributed by atoms with Gasteiger partial charge in [-0.2, -0.15) is 4.72 Å². The predicted octanol–water partition coefficient (Wildman–Crippen LogP) is 0.923. The number of sulfonamides is 1. The van der Waals surface area contributed by atoms with Crippen LogP contribution in [-0.2, 0) is 14.8 Å². The second kappa shape index (κ2) is 8.47. The quantitative estimate of drug-likeness (QED) is 0.677. The van der Waals surface area contributed by atoms with Gasteiger partial charge in [-0.1, -0.05) is 12.0 Å². The Kier molecular flexibility index (Phi) is 6.95.